The van der Waals surface area contributed by atoms with Gasteiger partial charge in [0.15, 0.2) is 0 Å². The summed E-state index contributed by atoms with van der Waals surface area (Å²) in [4.78, 5) is 24.6. The largest absolute Gasteiger partial charge is 0.492 e. The van der Waals surface area contributed by atoms with Crippen LogP contribution in [0.25, 0.3) is 11.3 Å². The second-order valence-electron chi connectivity index (χ2n) is 7.42. The Balaban J connectivity index is 1.40. The topological polar surface area (TPSA) is 111 Å². The zero-order chi connectivity index (χ0) is 23.2. The molecule has 0 spiro atoms. The van der Waals surface area contributed by atoms with E-state index >= 15 is 0 Å². The number of benzene rings is 1. The minimum atomic E-state index is -0.549. The fourth-order valence-electron chi connectivity index (χ4n) is 3.61. The SMILES string of the molecule is Cn1ncc(Br)c1-c1cc(NC(=O)ON2CCN(c3ccccn3)CC2)ccc1OCCN. The highest BCUT2D eigenvalue weighted by molar-refractivity contribution is 9.10. The maximum Gasteiger partial charge on any atom is 0.430 e. The lowest BCUT2D eigenvalue weighted by molar-refractivity contribution is -0.0966. The number of pyridine rings is 1. The normalized spacial score (nSPS) is 14.2. The summed E-state index contributed by atoms with van der Waals surface area (Å²) in [6.07, 6.45) is 2.93. The number of hydroxylamine groups is 2. The average Bonchev–Trinajstić information content (AvgIpc) is 3.17. The molecule has 0 unspecified atom stereocenters. The number of aromatic nitrogens is 3. The van der Waals surface area contributed by atoms with Crippen LogP contribution in [0, 0.1) is 0 Å². The average molecular weight is 516 g/mol. The number of rotatable bonds is 7. The summed E-state index contributed by atoms with van der Waals surface area (Å²) >= 11 is 3.53. The molecule has 1 fully saturated rings. The van der Waals surface area contributed by atoms with Crippen molar-refractivity contribution in [2.75, 3.05) is 49.5 Å². The van der Waals surface area contributed by atoms with Crippen molar-refractivity contribution in [2.45, 2.75) is 0 Å². The Labute approximate surface area is 200 Å². The zero-order valence-electron chi connectivity index (χ0n) is 18.3. The van der Waals surface area contributed by atoms with Gasteiger partial charge in [-0.05, 0) is 46.3 Å². The van der Waals surface area contributed by atoms with Crippen LogP contribution in [0.15, 0.2) is 53.3 Å². The predicted molar refractivity (Wildman–Crippen MR) is 129 cm³/mol. The highest BCUT2D eigenvalue weighted by atomic mass is 79.9. The molecular weight excluding hydrogens is 490 g/mol. The van der Waals surface area contributed by atoms with Crippen LogP contribution in [0.2, 0.25) is 0 Å². The first-order chi connectivity index (χ1) is 16.0. The lowest BCUT2D eigenvalue weighted by atomic mass is 10.1. The zero-order valence-corrected chi connectivity index (χ0v) is 19.9. The summed E-state index contributed by atoms with van der Waals surface area (Å²) in [5.74, 6) is 1.57. The molecule has 33 heavy (non-hydrogen) atoms. The van der Waals surface area contributed by atoms with Gasteiger partial charge in [0.25, 0.3) is 0 Å². The van der Waals surface area contributed by atoms with Gasteiger partial charge in [-0.2, -0.15) is 5.10 Å². The Kier molecular flexibility index (Phi) is 7.43. The number of nitrogens with one attached hydrogen (secondary N) is 1. The summed E-state index contributed by atoms with van der Waals surface area (Å²) in [5, 5.41) is 8.73. The lowest BCUT2D eigenvalue weighted by Gasteiger charge is -2.33. The van der Waals surface area contributed by atoms with Crippen molar-refractivity contribution in [3.8, 4) is 17.0 Å². The molecule has 174 valence electrons. The van der Waals surface area contributed by atoms with E-state index in [4.69, 9.17) is 15.3 Å². The molecule has 0 saturated carbocycles. The second kappa shape index (κ2) is 10.6. The monoisotopic (exact) mass is 515 g/mol. The number of carbonyl (C=O) groups is 1. The molecule has 1 aliphatic heterocycles. The lowest BCUT2D eigenvalue weighted by Crippen LogP contribution is -2.47. The smallest absolute Gasteiger partial charge is 0.430 e. The van der Waals surface area contributed by atoms with Gasteiger partial charge in [-0.1, -0.05) is 6.07 Å². The molecule has 11 heteroatoms. The molecule has 3 aromatic rings. The Morgan fingerprint density at radius 1 is 1.21 bits per heavy atom. The Morgan fingerprint density at radius 2 is 2.03 bits per heavy atom. The van der Waals surface area contributed by atoms with E-state index in [1.165, 1.54) is 0 Å². The molecule has 0 radical (unpaired) electrons. The molecule has 0 bridgehead atoms. The Hall–Kier alpha value is -3.15. The van der Waals surface area contributed by atoms with Crippen molar-refractivity contribution in [2.24, 2.45) is 12.8 Å². The van der Waals surface area contributed by atoms with E-state index in [1.807, 2.05) is 31.3 Å². The first-order valence-electron chi connectivity index (χ1n) is 10.6. The molecule has 1 amide bonds. The molecule has 2 aromatic heterocycles. The van der Waals surface area contributed by atoms with Crippen LogP contribution in [0.4, 0.5) is 16.3 Å². The van der Waals surface area contributed by atoms with E-state index in [1.54, 1.807) is 34.3 Å². The molecule has 1 aromatic carbocycles. The standard InChI is InChI=1S/C22H26BrN7O3/c1-28-21(18(23)15-26-28)17-14-16(5-6-19(17)32-13-7-24)27-22(31)33-30-11-9-29(10-12-30)20-4-2-3-8-25-20/h2-6,8,14-15H,7,9-13,24H2,1H3,(H,27,31). The van der Waals surface area contributed by atoms with Crippen molar-refractivity contribution in [1.82, 2.24) is 19.8 Å². The van der Waals surface area contributed by atoms with Gasteiger partial charge in [-0.3, -0.25) is 10.00 Å². The molecule has 4 rings (SSSR count). The van der Waals surface area contributed by atoms with Crippen LogP contribution >= 0.6 is 15.9 Å². The van der Waals surface area contributed by atoms with Gasteiger partial charge >= 0.3 is 6.09 Å². The van der Waals surface area contributed by atoms with Crippen molar-refractivity contribution >= 4 is 33.5 Å². The molecule has 1 saturated heterocycles. The van der Waals surface area contributed by atoms with E-state index in [0.29, 0.717) is 37.7 Å². The number of hydrogen-bond donors (Lipinski definition) is 2. The number of halogens is 1. The van der Waals surface area contributed by atoms with Gasteiger partial charge in [0.2, 0.25) is 0 Å². The van der Waals surface area contributed by atoms with Crippen molar-refractivity contribution in [1.29, 1.82) is 0 Å². The molecule has 3 N–H and O–H groups in total. The molecule has 0 aliphatic carbocycles. The van der Waals surface area contributed by atoms with Gasteiger partial charge in [-0.25, -0.2) is 9.78 Å². The summed E-state index contributed by atoms with van der Waals surface area (Å²) < 4.78 is 8.35. The number of nitrogens with two attached hydrogens (primary N) is 1. The van der Waals surface area contributed by atoms with Crippen molar-refractivity contribution < 1.29 is 14.4 Å². The van der Waals surface area contributed by atoms with E-state index < -0.39 is 6.09 Å². The number of nitrogens with zero attached hydrogens (tertiary/aromatic N) is 5. The fraction of sp³-hybridized carbons (Fsp3) is 0.318. The number of carbonyl (C=O) groups excluding carboxylic acids is 1. The highest BCUT2D eigenvalue weighted by Crippen LogP contribution is 2.36. The van der Waals surface area contributed by atoms with Crippen LogP contribution in [-0.4, -0.2) is 65.3 Å². The number of hydrogen-bond acceptors (Lipinski definition) is 8. The third kappa shape index (κ3) is 5.62. The number of ether oxygens (including phenoxy) is 1. The van der Waals surface area contributed by atoms with Gasteiger partial charge in [0.1, 0.15) is 18.2 Å². The van der Waals surface area contributed by atoms with Gasteiger partial charge < -0.3 is 20.2 Å². The quantitative estimate of drug-likeness (QED) is 0.494. The first-order valence-corrected chi connectivity index (χ1v) is 11.4. The summed E-state index contributed by atoms with van der Waals surface area (Å²) in [6.45, 7) is 3.38. The Morgan fingerprint density at radius 3 is 2.70 bits per heavy atom. The minimum Gasteiger partial charge on any atom is -0.492 e. The summed E-state index contributed by atoms with van der Waals surface area (Å²) in [7, 11) is 1.84. The maximum atomic E-state index is 12.5. The maximum absolute atomic E-state index is 12.5. The second-order valence-corrected chi connectivity index (χ2v) is 8.27. The number of amides is 1. The summed E-state index contributed by atoms with van der Waals surface area (Å²) in [6, 6.07) is 11.2. The van der Waals surface area contributed by atoms with Crippen LogP contribution in [0.3, 0.4) is 0 Å². The van der Waals surface area contributed by atoms with Crippen LogP contribution < -0.4 is 20.7 Å². The molecule has 10 nitrogen and oxygen atoms in total. The van der Waals surface area contributed by atoms with E-state index in [-0.39, 0.29) is 0 Å². The summed E-state index contributed by atoms with van der Waals surface area (Å²) in [5.41, 5.74) is 7.77. The van der Waals surface area contributed by atoms with Crippen molar-refractivity contribution in [3.05, 3.63) is 53.3 Å². The molecule has 3 heterocycles. The highest BCUT2D eigenvalue weighted by Gasteiger charge is 2.22. The number of anilines is 2. The minimum absolute atomic E-state index is 0.377. The van der Waals surface area contributed by atoms with Crippen LogP contribution in [-0.2, 0) is 11.9 Å². The molecular formula is C22H26BrN7O3. The van der Waals surface area contributed by atoms with Gasteiger partial charge in [0.05, 0.1) is 29.5 Å². The first kappa shape index (κ1) is 23.0. The van der Waals surface area contributed by atoms with Crippen LogP contribution in [0.5, 0.6) is 5.75 Å². The van der Waals surface area contributed by atoms with Crippen molar-refractivity contribution in [3.63, 3.8) is 0 Å². The molecule has 0 atom stereocenters. The third-order valence-corrected chi connectivity index (χ3v) is 5.75. The van der Waals surface area contributed by atoms with E-state index in [0.717, 1.165) is 34.6 Å². The van der Waals surface area contributed by atoms with E-state index in [9.17, 15) is 4.79 Å². The number of aryl methyl sites for hydroxylation is 1. The fourth-order valence-corrected chi connectivity index (χ4v) is 4.17. The molecule has 1 aliphatic rings. The van der Waals surface area contributed by atoms with E-state index in [2.05, 4.69) is 36.2 Å². The van der Waals surface area contributed by atoms with Gasteiger partial charge in [0, 0.05) is 44.1 Å². The predicted octanol–water partition coefficient (Wildman–Crippen LogP) is 2.87. The van der Waals surface area contributed by atoms with Crippen LogP contribution in [0.1, 0.15) is 0 Å². The third-order valence-electron chi connectivity index (χ3n) is 5.17. The number of piperazine rings is 1. The van der Waals surface area contributed by atoms with Gasteiger partial charge in [-0.15, -0.1) is 5.06 Å². The Bertz CT molecular complexity index is 1070.